The molecule has 0 saturated carbocycles. The van der Waals surface area contributed by atoms with E-state index in [9.17, 15) is 0 Å². The lowest BCUT2D eigenvalue weighted by Gasteiger charge is -2.03. The first-order valence-corrected chi connectivity index (χ1v) is 6.25. The number of halogens is 1. The van der Waals surface area contributed by atoms with Crippen LogP contribution in [0.1, 0.15) is 5.76 Å². The maximum atomic E-state index is 5.84. The molecule has 3 aromatic rings. The van der Waals surface area contributed by atoms with Gasteiger partial charge in [-0.15, -0.1) is 0 Å². The Hall–Kier alpha value is -2.13. The molecule has 0 atom stereocenters. The first-order valence-electron chi connectivity index (χ1n) is 5.87. The van der Waals surface area contributed by atoms with Gasteiger partial charge in [0.15, 0.2) is 5.58 Å². The number of rotatable bonds is 3. The maximum Gasteiger partial charge on any atom is 0.157 e. The summed E-state index contributed by atoms with van der Waals surface area (Å²) in [5, 5.41) is 1.67. The average Bonchev–Trinajstić information content (AvgIpc) is 2.83. The van der Waals surface area contributed by atoms with Crippen LogP contribution in [0.4, 0.5) is 5.69 Å². The van der Waals surface area contributed by atoms with Crippen molar-refractivity contribution in [3.63, 3.8) is 0 Å². The van der Waals surface area contributed by atoms with Crippen LogP contribution in [0.2, 0.25) is 5.02 Å². The molecule has 3 nitrogen and oxygen atoms in total. The molecule has 1 aromatic heterocycles. The third kappa shape index (κ3) is 2.51. The van der Waals surface area contributed by atoms with E-state index in [4.69, 9.17) is 26.5 Å². The van der Waals surface area contributed by atoms with Gasteiger partial charge in [0.2, 0.25) is 0 Å². The lowest BCUT2D eigenvalue weighted by molar-refractivity contribution is 0.274. The number of nitrogens with two attached hydrogens (primary N) is 1. The Kier molecular flexibility index (Phi) is 3.05. The fourth-order valence-electron chi connectivity index (χ4n) is 1.90. The van der Waals surface area contributed by atoms with Gasteiger partial charge in [-0.1, -0.05) is 23.7 Å². The molecular weight excluding hydrogens is 262 g/mol. The normalized spacial score (nSPS) is 10.8. The van der Waals surface area contributed by atoms with Gasteiger partial charge in [-0.25, -0.2) is 0 Å². The first kappa shape index (κ1) is 11.9. The molecule has 1 heterocycles. The molecule has 0 bridgehead atoms. The van der Waals surface area contributed by atoms with E-state index in [0.29, 0.717) is 22.9 Å². The van der Waals surface area contributed by atoms with Crippen LogP contribution in [0.5, 0.6) is 5.75 Å². The monoisotopic (exact) mass is 273 g/mol. The molecule has 0 spiro atoms. The van der Waals surface area contributed by atoms with E-state index in [1.807, 2.05) is 36.4 Å². The summed E-state index contributed by atoms with van der Waals surface area (Å²) in [5.74, 6) is 1.49. The summed E-state index contributed by atoms with van der Waals surface area (Å²) in [7, 11) is 0. The van der Waals surface area contributed by atoms with Crippen LogP contribution in [0.3, 0.4) is 0 Å². The SMILES string of the molecule is Nc1cccc2cc(COc3ccc(Cl)cc3)oc12. The van der Waals surface area contributed by atoms with Crippen molar-refractivity contribution in [1.29, 1.82) is 0 Å². The zero-order valence-electron chi connectivity index (χ0n) is 10.1. The van der Waals surface area contributed by atoms with Crippen molar-refractivity contribution in [2.75, 3.05) is 5.73 Å². The predicted octanol–water partition coefficient (Wildman–Crippen LogP) is 4.25. The standard InChI is InChI=1S/C15H12ClNO2/c16-11-4-6-12(7-5-11)18-9-13-8-10-2-1-3-14(17)15(10)19-13/h1-8H,9,17H2. The van der Waals surface area contributed by atoms with Gasteiger partial charge < -0.3 is 14.9 Å². The molecule has 19 heavy (non-hydrogen) atoms. The predicted molar refractivity (Wildman–Crippen MR) is 76.4 cm³/mol. The van der Waals surface area contributed by atoms with Crippen molar-refractivity contribution in [3.8, 4) is 5.75 Å². The van der Waals surface area contributed by atoms with E-state index < -0.39 is 0 Å². The summed E-state index contributed by atoms with van der Waals surface area (Å²) in [6, 6.07) is 14.8. The van der Waals surface area contributed by atoms with E-state index in [1.54, 1.807) is 12.1 Å². The number of hydrogen-bond acceptors (Lipinski definition) is 3. The number of nitrogen functional groups attached to an aromatic ring is 1. The average molecular weight is 274 g/mol. The minimum Gasteiger partial charge on any atom is -0.486 e. The molecule has 0 fully saturated rings. The van der Waals surface area contributed by atoms with Crippen LogP contribution < -0.4 is 10.5 Å². The van der Waals surface area contributed by atoms with Crippen molar-refractivity contribution in [1.82, 2.24) is 0 Å². The topological polar surface area (TPSA) is 48.4 Å². The molecule has 0 aliphatic heterocycles. The van der Waals surface area contributed by atoms with Crippen molar-refractivity contribution >= 4 is 28.3 Å². The second-order valence-corrected chi connectivity index (χ2v) is 4.66. The quantitative estimate of drug-likeness (QED) is 0.726. The van der Waals surface area contributed by atoms with Gasteiger partial charge in [-0.05, 0) is 36.4 Å². The van der Waals surface area contributed by atoms with Crippen LogP contribution in [-0.2, 0) is 6.61 Å². The molecule has 3 rings (SSSR count). The van der Waals surface area contributed by atoms with E-state index in [1.165, 1.54) is 0 Å². The second-order valence-electron chi connectivity index (χ2n) is 4.22. The van der Waals surface area contributed by atoms with Crippen LogP contribution in [0.15, 0.2) is 52.9 Å². The summed E-state index contributed by atoms with van der Waals surface area (Å²) in [6.07, 6.45) is 0. The zero-order valence-corrected chi connectivity index (χ0v) is 10.9. The number of furan rings is 1. The third-order valence-electron chi connectivity index (χ3n) is 2.82. The minimum atomic E-state index is 0.357. The summed E-state index contributed by atoms with van der Waals surface area (Å²) in [6.45, 7) is 0.357. The number of para-hydroxylation sites is 1. The van der Waals surface area contributed by atoms with Crippen molar-refractivity contribution in [3.05, 3.63) is 59.3 Å². The molecule has 0 aliphatic rings. The minimum absolute atomic E-state index is 0.357. The highest BCUT2D eigenvalue weighted by Gasteiger charge is 2.06. The van der Waals surface area contributed by atoms with Gasteiger partial charge >= 0.3 is 0 Å². The van der Waals surface area contributed by atoms with E-state index in [0.717, 1.165) is 16.9 Å². The smallest absolute Gasteiger partial charge is 0.157 e. The number of hydrogen-bond donors (Lipinski definition) is 1. The molecule has 0 saturated heterocycles. The first-order chi connectivity index (χ1) is 9.22. The Morgan fingerprint density at radius 3 is 2.63 bits per heavy atom. The van der Waals surface area contributed by atoms with Crippen molar-refractivity contribution in [2.24, 2.45) is 0 Å². The van der Waals surface area contributed by atoms with Crippen LogP contribution in [0, 0.1) is 0 Å². The van der Waals surface area contributed by atoms with Gasteiger partial charge in [-0.2, -0.15) is 0 Å². The fourth-order valence-corrected chi connectivity index (χ4v) is 2.02. The zero-order chi connectivity index (χ0) is 13.2. The molecule has 0 unspecified atom stereocenters. The van der Waals surface area contributed by atoms with Gasteiger partial charge in [-0.3, -0.25) is 0 Å². The van der Waals surface area contributed by atoms with Crippen molar-refractivity contribution in [2.45, 2.75) is 6.61 Å². The summed E-state index contributed by atoms with van der Waals surface area (Å²) < 4.78 is 11.3. The summed E-state index contributed by atoms with van der Waals surface area (Å²) >= 11 is 5.81. The Morgan fingerprint density at radius 1 is 1.11 bits per heavy atom. The molecule has 0 aliphatic carbocycles. The number of benzene rings is 2. The summed E-state index contributed by atoms with van der Waals surface area (Å²) in [4.78, 5) is 0. The van der Waals surface area contributed by atoms with Gasteiger partial charge in [0.05, 0.1) is 5.69 Å². The number of ether oxygens (including phenoxy) is 1. The molecule has 2 N–H and O–H groups in total. The van der Waals surface area contributed by atoms with Gasteiger partial charge in [0, 0.05) is 10.4 Å². The number of anilines is 1. The van der Waals surface area contributed by atoms with Gasteiger partial charge in [0.25, 0.3) is 0 Å². The molecule has 2 aromatic carbocycles. The Balaban J connectivity index is 1.78. The summed E-state index contributed by atoms with van der Waals surface area (Å²) in [5.41, 5.74) is 7.18. The highest BCUT2D eigenvalue weighted by molar-refractivity contribution is 6.30. The van der Waals surface area contributed by atoms with E-state index >= 15 is 0 Å². The maximum absolute atomic E-state index is 5.84. The van der Waals surface area contributed by atoms with E-state index in [2.05, 4.69) is 0 Å². The Bertz CT molecular complexity index is 704. The second kappa shape index (κ2) is 4.86. The molecule has 0 amide bonds. The van der Waals surface area contributed by atoms with Crippen LogP contribution in [-0.4, -0.2) is 0 Å². The number of fused-ring (bicyclic) bond motifs is 1. The molecule has 0 radical (unpaired) electrons. The lowest BCUT2D eigenvalue weighted by Crippen LogP contribution is -1.93. The van der Waals surface area contributed by atoms with Crippen molar-refractivity contribution < 1.29 is 9.15 Å². The van der Waals surface area contributed by atoms with E-state index in [-0.39, 0.29) is 0 Å². The molecule has 4 heteroatoms. The Labute approximate surface area is 115 Å². The highest BCUT2D eigenvalue weighted by atomic mass is 35.5. The fraction of sp³-hybridized carbons (Fsp3) is 0.0667. The van der Waals surface area contributed by atoms with Gasteiger partial charge in [0.1, 0.15) is 18.1 Å². The Morgan fingerprint density at radius 2 is 1.89 bits per heavy atom. The third-order valence-corrected chi connectivity index (χ3v) is 3.07. The molecule has 96 valence electrons. The lowest BCUT2D eigenvalue weighted by atomic mass is 10.2. The van der Waals surface area contributed by atoms with Crippen LogP contribution >= 0.6 is 11.6 Å². The molecular formula is C15H12ClNO2. The van der Waals surface area contributed by atoms with Crippen LogP contribution in [0.25, 0.3) is 11.0 Å². The highest BCUT2D eigenvalue weighted by Crippen LogP contribution is 2.25. The largest absolute Gasteiger partial charge is 0.486 e.